The van der Waals surface area contributed by atoms with Crippen LogP contribution in [0.1, 0.15) is 22.8 Å². The van der Waals surface area contributed by atoms with Crippen LogP contribution in [0.25, 0.3) is 6.08 Å². The average Bonchev–Trinajstić information content (AvgIpc) is 2.97. The van der Waals surface area contributed by atoms with Crippen LogP contribution in [0.4, 0.5) is 11.4 Å². The molecule has 0 radical (unpaired) electrons. The molecule has 0 atom stereocenters. The smallest absolute Gasteiger partial charge is 0.335 e. The highest BCUT2D eigenvalue weighted by Crippen LogP contribution is 2.38. The van der Waals surface area contributed by atoms with Crippen LogP contribution in [0.5, 0.6) is 11.5 Å². The Kier molecular flexibility index (Phi) is 5.01. The number of aromatic carboxylic acids is 1. The van der Waals surface area contributed by atoms with Gasteiger partial charge in [-0.15, -0.1) is 0 Å². The van der Waals surface area contributed by atoms with E-state index in [1.54, 1.807) is 13.0 Å². The van der Waals surface area contributed by atoms with Gasteiger partial charge < -0.3 is 14.9 Å². The van der Waals surface area contributed by atoms with E-state index < -0.39 is 28.2 Å². The number of ether oxygens (including phenoxy) is 1. The van der Waals surface area contributed by atoms with Gasteiger partial charge in [0.1, 0.15) is 0 Å². The number of hydrogen-bond acceptors (Lipinski definition) is 7. The van der Waals surface area contributed by atoms with Crippen molar-refractivity contribution in [1.82, 2.24) is 0 Å². The van der Waals surface area contributed by atoms with Gasteiger partial charge in [0, 0.05) is 6.07 Å². The molecule has 10 heteroatoms. The Hall–Kier alpha value is -4.21. The van der Waals surface area contributed by atoms with E-state index >= 15 is 0 Å². The van der Waals surface area contributed by atoms with Crippen molar-refractivity contribution >= 4 is 35.0 Å². The van der Waals surface area contributed by atoms with Crippen molar-refractivity contribution in [1.29, 1.82) is 0 Å². The van der Waals surface area contributed by atoms with Gasteiger partial charge in [0.15, 0.2) is 5.75 Å². The number of amides is 1. The molecule has 3 rings (SSSR count). The predicted octanol–water partition coefficient (Wildman–Crippen LogP) is 2.81. The highest BCUT2D eigenvalue weighted by Gasteiger charge is 2.29. The monoisotopic (exact) mass is 397 g/mol. The van der Waals surface area contributed by atoms with Crippen LogP contribution in [0.15, 0.2) is 47.1 Å². The molecule has 29 heavy (non-hydrogen) atoms. The SMILES string of the molecule is COc1cc(/C=C2/C(=O)N(c3cccc(C(=O)O)c3)N=C2C)cc([N+](=O)[O-])c1O. The number of anilines is 1. The number of carboxylic acid groups (broad SMARTS) is 1. The number of nitro benzene ring substituents is 1. The quantitative estimate of drug-likeness (QED) is 0.449. The molecule has 148 valence electrons. The summed E-state index contributed by atoms with van der Waals surface area (Å²) in [4.78, 5) is 34.4. The molecular formula is C19H15N3O7. The number of carbonyl (C=O) groups excluding carboxylic acids is 1. The fourth-order valence-electron chi connectivity index (χ4n) is 2.79. The van der Waals surface area contributed by atoms with Crippen molar-refractivity contribution in [3.05, 3.63) is 63.2 Å². The van der Waals surface area contributed by atoms with Gasteiger partial charge in [0.05, 0.1) is 34.6 Å². The minimum absolute atomic E-state index is 0.000483. The van der Waals surface area contributed by atoms with Gasteiger partial charge in [-0.25, -0.2) is 4.79 Å². The molecule has 0 spiro atoms. The minimum Gasteiger partial charge on any atom is -0.500 e. The zero-order chi connectivity index (χ0) is 21.3. The van der Waals surface area contributed by atoms with Crippen LogP contribution < -0.4 is 9.75 Å². The lowest BCUT2D eigenvalue weighted by atomic mass is 10.1. The molecule has 10 nitrogen and oxygen atoms in total. The molecule has 0 fully saturated rings. The number of carbonyl (C=O) groups is 2. The largest absolute Gasteiger partial charge is 0.500 e. The van der Waals surface area contributed by atoms with Gasteiger partial charge in [0.25, 0.3) is 5.91 Å². The Balaban J connectivity index is 2.02. The number of nitro groups is 1. The first-order valence-corrected chi connectivity index (χ1v) is 8.23. The second-order valence-electron chi connectivity index (χ2n) is 6.06. The average molecular weight is 397 g/mol. The summed E-state index contributed by atoms with van der Waals surface area (Å²) in [6.45, 7) is 1.58. The Morgan fingerprint density at radius 2 is 2.03 bits per heavy atom. The summed E-state index contributed by atoms with van der Waals surface area (Å²) in [5.74, 6) is -2.40. The van der Waals surface area contributed by atoms with Gasteiger partial charge >= 0.3 is 11.7 Å². The summed E-state index contributed by atoms with van der Waals surface area (Å²) in [6, 6.07) is 8.20. The molecule has 1 amide bonds. The van der Waals surface area contributed by atoms with Crippen LogP contribution in [-0.4, -0.2) is 39.8 Å². The number of aromatic hydroxyl groups is 1. The first-order valence-electron chi connectivity index (χ1n) is 8.23. The molecule has 2 N–H and O–H groups in total. The van der Waals surface area contributed by atoms with Crippen molar-refractivity contribution in [3.8, 4) is 11.5 Å². The highest BCUT2D eigenvalue weighted by molar-refractivity contribution is 6.32. The number of rotatable bonds is 5. The summed E-state index contributed by atoms with van der Waals surface area (Å²) in [5.41, 5.74) is 0.456. The standard InChI is InChI=1S/C19H15N3O7/c1-10-14(6-11-7-15(22(27)28)17(23)16(8-11)29-2)18(24)21(20-10)13-5-3-4-12(9-13)19(25)26/h3-9,23H,1-2H3,(H,25,26)/b14-6+. The number of phenolic OH excluding ortho intramolecular Hbond substituents is 1. The maximum atomic E-state index is 12.8. The van der Waals surface area contributed by atoms with Crippen molar-refractivity contribution < 1.29 is 29.5 Å². The third-order valence-corrected chi connectivity index (χ3v) is 4.21. The number of benzene rings is 2. The van der Waals surface area contributed by atoms with E-state index in [1.807, 2.05) is 0 Å². The van der Waals surface area contributed by atoms with Crippen molar-refractivity contribution in [2.75, 3.05) is 12.1 Å². The van der Waals surface area contributed by atoms with E-state index in [-0.39, 0.29) is 28.1 Å². The van der Waals surface area contributed by atoms with Crippen molar-refractivity contribution in [2.45, 2.75) is 6.92 Å². The first kappa shape index (κ1) is 19.5. The van der Waals surface area contributed by atoms with E-state index in [2.05, 4.69) is 5.10 Å². The maximum Gasteiger partial charge on any atom is 0.335 e. The summed E-state index contributed by atoms with van der Waals surface area (Å²) >= 11 is 0. The van der Waals surface area contributed by atoms with Crippen molar-refractivity contribution in [2.24, 2.45) is 5.10 Å². The van der Waals surface area contributed by atoms with Crippen LogP contribution in [0.2, 0.25) is 0 Å². The highest BCUT2D eigenvalue weighted by atomic mass is 16.6. The van der Waals surface area contributed by atoms with Crippen molar-refractivity contribution in [3.63, 3.8) is 0 Å². The van der Waals surface area contributed by atoms with Gasteiger partial charge in [-0.05, 0) is 42.8 Å². The summed E-state index contributed by atoms with van der Waals surface area (Å²) in [7, 11) is 1.25. The molecular weight excluding hydrogens is 382 g/mol. The Labute approximate surface area is 164 Å². The number of phenols is 1. The maximum absolute atomic E-state index is 12.8. The van der Waals surface area contributed by atoms with E-state index in [1.165, 1.54) is 37.5 Å². The molecule has 0 saturated heterocycles. The normalized spacial score (nSPS) is 14.8. The summed E-state index contributed by atoms with van der Waals surface area (Å²) < 4.78 is 4.96. The topological polar surface area (TPSA) is 143 Å². The van der Waals surface area contributed by atoms with Crippen LogP contribution in [0.3, 0.4) is 0 Å². The fraction of sp³-hybridized carbons (Fsp3) is 0.105. The van der Waals surface area contributed by atoms with Gasteiger partial charge in [0.2, 0.25) is 5.75 Å². The number of methoxy groups -OCH3 is 1. The second-order valence-corrected chi connectivity index (χ2v) is 6.06. The molecule has 2 aromatic carbocycles. The van der Waals surface area contributed by atoms with Crippen LogP contribution in [0, 0.1) is 10.1 Å². The molecule has 1 heterocycles. The van der Waals surface area contributed by atoms with Crippen LogP contribution in [-0.2, 0) is 4.79 Å². The number of hydrazone groups is 1. The fourth-order valence-corrected chi connectivity index (χ4v) is 2.79. The second kappa shape index (κ2) is 7.43. The summed E-state index contributed by atoms with van der Waals surface area (Å²) in [5, 5.41) is 35.4. The summed E-state index contributed by atoms with van der Waals surface area (Å²) in [6.07, 6.45) is 1.39. The molecule has 0 aliphatic carbocycles. The van der Waals surface area contributed by atoms with Gasteiger partial charge in [-0.2, -0.15) is 10.1 Å². The first-order chi connectivity index (χ1) is 13.7. The molecule has 2 aromatic rings. The zero-order valence-electron chi connectivity index (χ0n) is 15.3. The third kappa shape index (κ3) is 3.63. The molecule has 1 aliphatic rings. The molecule has 0 saturated carbocycles. The lowest BCUT2D eigenvalue weighted by molar-refractivity contribution is -0.386. The Morgan fingerprint density at radius 1 is 1.31 bits per heavy atom. The van der Waals surface area contributed by atoms with E-state index in [9.17, 15) is 24.8 Å². The molecule has 1 aliphatic heterocycles. The predicted molar refractivity (Wildman–Crippen MR) is 103 cm³/mol. The minimum atomic E-state index is -1.14. The zero-order valence-corrected chi connectivity index (χ0v) is 15.3. The van der Waals surface area contributed by atoms with Gasteiger partial charge in [-0.3, -0.25) is 14.9 Å². The molecule has 0 unspecified atom stereocenters. The number of nitrogens with zero attached hydrogens (tertiary/aromatic N) is 3. The number of hydrogen-bond donors (Lipinski definition) is 2. The van der Waals surface area contributed by atoms with Gasteiger partial charge in [-0.1, -0.05) is 6.07 Å². The lowest BCUT2D eigenvalue weighted by Crippen LogP contribution is -2.21. The molecule has 0 bridgehead atoms. The molecule has 0 aromatic heterocycles. The van der Waals surface area contributed by atoms with E-state index in [0.29, 0.717) is 5.71 Å². The van der Waals surface area contributed by atoms with E-state index in [0.717, 1.165) is 11.1 Å². The van der Waals surface area contributed by atoms with Crippen LogP contribution >= 0.6 is 0 Å². The Bertz CT molecular complexity index is 1100. The lowest BCUT2D eigenvalue weighted by Gasteiger charge is -2.12. The Morgan fingerprint density at radius 3 is 2.66 bits per heavy atom. The third-order valence-electron chi connectivity index (χ3n) is 4.21. The number of carboxylic acids is 1. The van der Waals surface area contributed by atoms with E-state index in [4.69, 9.17) is 9.84 Å².